The number of hydrogen-bond acceptors (Lipinski definition) is 3. The Bertz CT molecular complexity index is 577. The number of anilines is 1. The molecule has 0 saturated carbocycles. The zero-order chi connectivity index (χ0) is 15.6. The Kier molecular flexibility index (Phi) is 4.66. The summed E-state index contributed by atoms with van der Waals surface area (Å²) in [6.45, 7) is 0. The van der Waals surface area contributed by atoms with E-state index in [4.69, 9.17) is 5.11 Å². The second-order valence-corrected chi connectivity index (χ2v) is 5.83. The number of halogens is 2. The monoisotopic (exact) mass is 316 g/mol. The van der Waals surface area contributed by atoms with Crippen LogP contribution in [0.2, 0.25) is 0 Å². The lowest BCUT2D eigenvalue weighted by molar-refractivity contribution is 0.0691. The highest BCUT2D eigenvalue weighted by atomic mass is 32.2. The number of nitrogens with zero attached hydrogens (tertiary/aromatic N) is 1. The van der Waals surface area contributed by atoms with E-state index in [-0.39, 0.29) is 11.7 Å². The molecule has 2 rings (SSSR count). The van der Waals surface area contributed by atoms with Gasteiger partial charge in [0.2, 0.25) is 0 Å². The van der Waals surface area contributed by atoms with Gasteiger partial charge in [0.1, 0.15) is 11.6 Å². The van der Waals surface area contributed by atoms with Crippen LogP contribution in [0.4, 0.5) is 19.3 Å². The summed E-state index contributed by atoms with van der Waals surface area (Å²) in [6.07, 6.45) is 0.848. The Balaban J connectivity index is 2.16. The normalized spacial score (nSPS) is 17.6. The standard InChI is InChI=1S/C13H14F2N2O3S/c1-17(7-2-3-21-6-7)13(20)16-11-4-8(12(18)19)9(14)5-10(11)15/h4-5,7H,2-3,6H2,1H3,(H,16,20)(H,18,19). The van der Waals surface area contributed by atoms with Crippen molar-refractivity contribution in [1.29, 1.82) is 0 Å². The molecule has 0 bridgehead atoms. The molecule has 1 aliphatic heterocycles. The average molecular weight is 316 g/mol. The van der Waals surface area contributed by atoms with Crippen molar-refractivity contribution >= 4 is 29.4 Å². The maximum Gasteiger partial charge on any atom is 0.338 e. The largest absolute Gasteiger partial charge is 0.478 e. The highest BCUT2D eigenvalue weighted by Gasteiger charge is 2.25. The minimum Gasteiger partial charge on any atom is -0.478 e. The molecule has 1 aliphatic rings. The third-order valence-corrected chi connectivity index (χ3v) is 4.45. The molecule has 114 valence electrons. The summed E-state index contributed by atoms with van der Waals surface area (Å²) in [6, 6.07) is 0.730. The molecule has 0 radical (unpaired) electrons. The predicted octanol–water partition coefficient (Wildman–Crippen LogP) is 2.63. The smallest absolute Gasteiger partial charge is 0.338 e. The summed E-state index contributed by atoms with van der Waals surface area (Å²) in [5, 5.41) is 11.1. The van der Waals surface area contributed by atoms with Crippen LogP contribution in [0.3, 0.4) is 0 Å². The number of urea groups is 1. The van der Waals surface area contributed by atoms with Gasteiger partial charge >= 0.3 is 12.0 Å². The molecule has 1 heterocycles. The van der Waals surface area contributed by atoms with E-state index in [1.807, 2.05) is 0 Å². The molecular formula is C13H14F2N2O3S. The Hall–Kier alpha value is -1.83. The molecule has 0 aliphatic carbocycles. The van der Waals surface area contributed by atoms with Gasteiger partial charge in [0.25, 0.3) is 0 Å². The van der Waals surface area contributed by atoms with Crippen molar-refractivity contribution in [2.75, 3.05) is 23.9 Å². The van der Waals surface area contributed by atoms with Gasteiger partial charge in [-0.05, 0) is 18.2 Å². The van der Waals surface area contributed by atoms with E-state index in [1.165, 1.54) is 4.90 Å². The number of nitrogens with one attached hydrogen (secondary N) is 1. The molecule has 1 aromatic rings. The van der Waals surface area contributed by atoms with E-state index in [0.717, 1.165) is 24.0 Å². The Labute approximate surface area is 124 Å². The van der Waals surface area contributed by atoms with Crippen molar-refractivity contribution in [3.05, 3.63) is 29.3 Å². The molecule has 1 saturated heterocycles. The van der Waals surface area contributed by atoms with Crippen molar-refractivity contribution in [3.63, 3.8) is 0 Å². The summed E-state index contributed by atoms with van der Waals surface area (Å²) >= 11 is 1.72. The minimum absolute atomic E-state index is 0.0532. The first-order chi connectivity index (χ1) is 9.90. The van der Waals surface area contributed by atoms with E-state index < -0.39 is 29.2 Å². The SMILES string of the molecule is CN(C(=O)Nc1cc(C(=O)O)c(F)cc1F)C1CCSC1. The van der Waals surface area contributed by atoms with E-state index in [2.05, 4.69) is 5.32 Å². The number of carbonyl (C=O) groups excluding carboxylic acids is 1. The molecule has 1 unspecified atom stereocenters. The Morgan fingerprint density at radius 2 is 2.10 bits per heavy atom. The molecule has 2 amide bonds. The van der Waals surface area contributed by atoms with Crippen molar-refractivity contribution < 1.29 is 23.5 Å². The summed E-state index contributed by atoms with van der Waals surface area (Å²) in [5.41, 5.74) is -1.04. The van der Waals surface area contributed by atoms with Crippen LogP contribution in [-0.2, 0) is 0 Å². The third-order valence-electron chi connectivity index (χ3n) is 3.30. The van der Waals surface area contributed by atoms with Crippen LogP contribution in [0.1, 0.15) is 16.8 Å². The van der Waals surface area contributed by atoms with Crippen LogP contribution < -0.4 is 5.32 Å². The van der Waals surface area contributed by atoms with Crippen LogP contribution in [-0.4, -0.2) is 46.6 Å². The zero-order valence-electron chi connectivity index (χ0n) is 11.2. The van der Waals surface area contributed by atoms with E-state index in [0.29, 0.717) is 6.07 Å². The van der Waals surface area contributed by atoms with Crippen LogP contribution in [0.25, 0.3) is 0 Å². The van der Waals surface area contributed by atoms with Gasteiger partial charge in [-0.25, -0.2) is 18.4 Å². The predicted molar refractivity (Wildman–Crippen MR) is 75.8 cm³/mol. The third kappa shape index (κ3) is 3.44. The molecule has 1 fully saturated rings. The molecule has 21 heavy (non-hydrogen) atoms. The van der Waals surface area contributed by atoms with E-state index in [1.54, 1.807) is 18.8 Å². The zero-order valence-corrected chi connectivity index (χ0v) is 12.0. The number of aromatic carboxylic acids is 1. The van der Waals surface area contributed by atoms with E-state index >= 15 is 0 Å². The topological polar surface area (TPSA) is 69.6 Å². The Morgan fingerprint density at radius 1 is 1.38 bits per heavy atom. The lowest BCUT2D eigenvalue weighted by Crippen LogP contribution is -2.40. The first-order valence-electron chi connectivity index (χ1n) is 6.24. The maximum absolute atomic E-state index is 13.6. The minimum atomic E-state index is -1.52. The summed E-state index contributed by atoms with van der Waals surface area (Å²) in [7, 11) is 1.59. The van der Waals surface area contributed by atoms with Crippen molar-refractivity contribution in [1.82, 2.24) is 4.90 Å². The molecule has 1 aromatic carbocycles. The number of amides is 2. The van der Waals surface area contributed by atoms with Crippen LogP contribution in [0, 0.1) is 11.6 Å². The number of carboxylic acids is 1. The van der Waals surface area contributed by atoms with Gasteiger partial charge in [0.05, 0.1) is 11.3 Å². The van der Waals surface area contributed by atoms with Crippen LogP contribution in [0.15, 0.2) is 12.1 Å². The van der Waals surface area contributed by atoms with Gasteiger partial charge in [-0.1, -0.05) is 0 Å². The molecule has 8 heteroatoms. The lowest BCUT2D eigenvalue weighted by atomic mass is 10.2. The van der Waals surface area contributed by atoms with Gasteiger partial charge in [-0.2, -0.15) is 11.8 Å². The van der Waals surface area contributed by atoms with Gasteiger partial charge in [0.15, 0.2) is 0 Å². The highest BCUT2D eigenvalue weighted by molar-refractivity contribution is 7.99. The Morgan fingerprint density at radius 3 is 2.67 bits per heavy atom. The fourth-order valence-electron chi connectivity index (χ4n) is 2.01. The molecule has 2 N–H and O–H groups in total. The number of carboxylic acid groups (broad SMARTS) is 1. The quantitative estimate of drug-likeness (QED) is 0.899. The van der Waals surface area contributed by atoms with Crippen molar-refractivity contribution in [2.24, 2.45) is 0 Å². The van der Waals surface area contributed by atoms with Crippen LogP contribution >= 0.6 is 11.8 Å². The average Bonchev–Trinajstić information content (AvgIpc) is 2.94. The summed E-state index contributed by atoms with van der Waals surface area (Å²) in [5.74, 6) is -1.96. The number of benzene rings is 1. The van der Waals surface area contributed by atoms with Crippen molar-refractivity contribution in [2.45, 2.75) is 12.5 Å². The fraction of sp³-hybridized carbons (Fsp3) is 0.385. The number of thioether (sulfide) groups is 1. The highest BCUT2D eigenvalue weighted by Crippen LogP contribution is 2.23. The molecule has 5 nitrogen and oxygen atoms in total. The molecular weight excluding hydrogens is 302 g/mol. The molecule has 1 atom stereocenters. The molecule has 0 spiro atoms. The first kappa shape index (κ1) is 15.6. The maximum atomic E-state index is 13.6. The summed E-state index contributed by atoms with van der Waals surface area (Å²) in [4.78, 5) is 24.3. The second kappa shape index (κ2) is 6.30. The van der Waals surface area contributed by atoms with Gasteiger partial charge < -0.3 is 15.3 Å². The number of carbonyl (C=O) groups is 2. The lowest BCUT2D eigenvalue weighted by Gasteiger charge is -2.24. The molecule has 0 aromatic heterocycles. The van der Waals surface area contributed by atoms with E-state index in [9.17, 15) is 18.4 Å². The van der Waals surface area contributed by atoms with Gasteiger partial charge in [0, 0.05) is 24.9 Å². The van der Waals surface area contributed by atoms with Crippen molar-refractivity contribution in [3.8, 4) is 0 Å². The first-order valence-corrected chi connectivity index (χ1v) is 7.39. The summed E-state index contributed by atoms with van der Waals surface area (Å²) < 4.78 is 26.9. The second-order valence-electron chi connectivity index (χ2n) is 4.68. The van der Waals surface area contributed by atoms with Gasteiger partial charge in [-0.3, -0.25) is 0 Å². The number of hydrogen-bond donors (Lipinski definition) is 2. The van der Waals surface area contributed by atoms with Crippen LogP contribution in [0.5, 0.6) is 0 Å². The fourth-order valence-corrected chi connectivity index (χ4v) is 3.27. The number of rotatable bonds is 3. The van der Waals surface area contributed by atoms with Gasteiger partial charge in [-0.15, -0.1) is 0 Å².